The van der Waals surface area contributed by atoms with Crippen molar-refractivity contribution in [3.05, 3.63) is 60.2 Å². The Balaban J connectivity index is 1.28. The van der Waals surface area contributed by atoms with Gasteiger partial charge in [0.25, 0.3) is 0 Å². The highest BCUT2D eigenvalue weighted by Gasteiger charge is 2.26. The maximum atomic E-state index is 13.1. The van der Waals surface area contributed by atoms with Crippen molar-refractivity contribution >= 4 is 45.3 Å². The number of para-hydroxylation sites is 3. The summed E-state index contributed by atoms with van der Waals surface area (Å²) in [6.07, 6.45) is 1.85. The first-order valence-corrected chi connectivity index (χ1v) is 13.9. The second-order valence-electron chi connectivity index (χ2n) is 10.3. The Morgan fingerprint density at radius 1 is 0.973 bits per heavy atom. The third-order valence-corrected chi connectivity index (χ3v) is 8.06. The third kappa shape index (κ3) is 4.68. The molecule has 0 bridgehead atoms. The molecule has 8 nitrogen and oxygen atoms in total. The lowest BCUT2D eigenvalue weighted by atomic mass is 9.92. The van der Waals surface area contributed by atoms with Crippen LogP contribution >= 0.6 is 11.8 Å². The third-order valence-electron chi connectivity index (χ3n) is 7.14. The molecule has 1 saturated heterocycles. The second kappa shape index (κ2) is 9.78. The normalized spacial score (nSPS) is 18.3. The average Bonchev–Trinajstić information content (AvgIpc) is 3.46. The van der Waals surface area contributed by atoms with Gasteiger partial charge in [-0.15, -0.1) is 5.10 Å². The second-order valence-corrected chi connectivity index (χ2v) is 11.2. The fraction of sp³-hybridized carbons (Fsp3) is 0.393. The highest BCUT2D eigenvalue weighted by atomic mass is 32.2. The van der Waals surface area contributed by atoms with Crippen molar-refractivity contribution in [2.75, 3.05) is 18.8 Å². The maximum absolute atomic E-state index is 13.1. The van der Waals surface area contributed by atoms with Crippen LogP contribution in [0.5, 0.6) is 0 Å². The van der Waals surface area contributed by atoms with Crippen LogP contribution in [-0.2, 0) is 17.8 Å². The number of likely N-dealkylation sites (tertiary alicyclic amines) is 1. The predicted molar refractivity (Wildman–Crippen MR) is 147 cm³/mol. The van der Waals surface area contributed by atoms with Gasteiger partial charge in [0, 0.05) is 31.4 Å². The lowest BCUT2D eigenvalue weighted by Crippen LogP contribution is -2.43. The van der Waals surface area contributed by atoms with Crippen molar-refractivity contribution in [1.29, 1.82) is 0 Å². The molecule has 2 atom stereocenters. The summed E-state index contributed by atoms with van der Waals surface area (Å²) in [6, 6.07) is 16.2. The topological polar surface area (TPSA) is 81.2 Å². The zero-order chi connectivity index (χ0) is 25.5. The summed E-state index contributed by atoms with van der Waals surface area (Å²) < 4.78 is 4.03. The molecule has 3 aromatic heterocycles. The first-order valence-electron chi connectivity index (χ1n) is 12.9. The molecule has 0 unspecified atom stereocenters. The SMILES string of the molecule is Cc1nc2ccccc2n1CCc1nc2c3ccccc3nc(SCC(=O)N3C[C@H](C)C[C@@H](C)C3)n2n1. The lowest BCUT2D eigenvalue weighted by molar-refractivity contribution is -0.130. The van der Waals surface area contributed by atoms with Crippen molar-refractivity contribution in [3.8, 4) is 0 Å². The van der Waals surface area contributed by atoms with Crippen molar-refractivity contribution in [2.45, 2.75) is 45.3 Å². The largest absolute Gasteiger partial charge is 0.341 e. The highest BCUT2D eigenvalue weighted by molar-refractivity contribution is 7.99. The van der Waals surface area contributed by atoms with Gasteiger partial charge in [-0.25, -0.2) is 15.0 Å². The lowest BCUT2D eigenvalue weighted by Gasteiger charge is -2.34. The summed E-state index contributed by atoms with van der Waals surface area (Å²) in [5.41, 5.74) is 3.76. The number of carbonyl (C=O) groups excluding carboxylic acids is 1. The number of rotatable bonds is 6. The number of carbonyl (C=O) groups is 1. The summed E-state index contributed by atoms with van der Waals surface area (Å²) in [5.74, 6) is 3.31. The number of piperidine rings is 1. The van der Waals surface area contributed by atoms with E-state index in [9.17, 15) is 4.79 Å². The Morgan fingerprint density at radius 2 is 1.70 bits per heavy atom. The Bertz CT molecular complexity index is 1600. The molecule has 37 heavy (non-hydrogen) atoms. The zero-order valence-corrected chi connectivity index (χ0v) is 22.3. The highest BCUT2D eigenvalue weighted by Crippen LogP contribution is 2.26. The molecular weight excluding hydrogens is 482 g/mol. The molecule has 1 fully saturated rings. The van der Waals surface area contributed by atoms with Crippen LogP contribution in [0.4, 0.5) is 0 Å². The molecule has 0 saturated carbocycles. The smallest absolute Gasteiger partial charge is 0.233 e. The Morgan fingerprint density at radius 3 is 2.51 bits per heavy atom. The number of aromatic nitrogens is 6. The Hall–Kier alpha value is -3.46. The monoisotopic (exact) mass is 513 g/mol. The Kier molecular flexibility index (Phi) is 6.32. The van der Waals surface area contributed by atoms with Gasteiger partial charge in [-0.2, -0.15) is 4.52 Å². The van der Waals surface area contributed by atoms with Crippen LogP contribution < -0.4 is 0 Å². The van der Waals surface area contributed by atoms with E-state index >= 15 is 0 Å². The number of imidazole rings is 1. The number of amides is 1. The van der Waals surface area contributed by atoms with Crippen LogP contribution in [0.15, 0.2) is 53.7 Å². The first-order chi connectivity index (χ1) is 18.0. The molecule has 5 aromatic rings. The van der Waals surface area contributed by atoms with Gasteiger partial charge in [-0.3, -0.25) is 4.79 Å². The van der Waals surface area contributed by atoms with E-state index in [0.717, 1.165) is 58.9 Å². The standard InChI is InChI=1S/C28H31N7OS/c1-18-14-19(2)16-33(15-18)26(36)17-37-28-30-22-9-5-4-8-21(22)27-31-25(32-35(27)28)12-13-34-20(3)29-23-10-6-7-11-24(23)34/h4-11,18-19H,12-17H2,1-3H3/t18-,19-/m1/s1. The molecule has 6 rings (SSSR count). The molecule has 1 amide bonds. The minimum atomic E-state index is 0.161. The molecule has 0 N–H and O–H groups in total. The van der Waals surface area contributed by atoms with Crippen molar-refractivity contribution < 1.29 is 4.79 Å². The van der Waals surface area contributed by atoms with Crippen molar-refractivity contribution in [1.82, 2.24) is 34.0 Å². The fourth-order valence-corrected chi connectivity index (χ4v) is 6.39. The Labute approximate surface area is 220 Å². The molecule has 0 spiro atoms. The number of hydrogen-bond donors (Lipinski definition) is 0. The van der Waals surface area contributed by atoms with Gasteiger partial charge in [0.1, 0.15) is 5.82 Å². The number of hydrogen-bond acceptors (Lipinski definition) is 6. The van der Waals surface area contributed by atoms with Crippen LogP contribution in [0.1, 0.15) is 31.9 Å². The molecule has 1 aliphatic heterocycles. The minimum absolute atomic E-state index is 0.161. The molecular formula is C28H31N7OS. The molecule has 4 heterocycles. The van der Waals surface area contributed by atoms with Crippen molar-refractivity contribution in [2.24, 2.45) is 11.8 Å². The first kappa shape index (κ1) is 23.9. The predicted octanol–water partition coefficient (Wildman–Crippen LogP) is 4.77. The van der Waals surface area contributed by atoms with Crippen LogP contribution in [-0.4, -0.2) is 58.8 Å². The van der Waals surface area contributed by atoms with Gasteiger partial charge in [-0.05, 0) is 49.4 Å². The number of fused-ring (bicyclic) bond motifs is 4. The van der Waals surface area contributed by atoms with Crippen LogP contribution in [0.2, 0.25) is 0 Å². The van der Waals surface area contributed by atoms with E-state index < -0.39 is 0 Å². The van der Waals surface area contributed by atoms with Gasteiger partial charge < -0.3 is 9.47 Å². The van der Waals surface area contributed by atoms with Gasteiger partial charge in [-0.1, -0.05) is 49.9 Å². The maximum Gasteiger partial charge on any atom is 0.233 e. The van der Waals surface area contributed by atoms with E-state index in [0.29, 0.717) is 29.2 Å². The molecule has 2 aromatic carbocycles. The summed E-state index contributed by atoms with van der Waals surface area (Å²) in [4.78, 5) is 29.5. The quantitative estimate of drug-likeness (QED) is 0.240. The van der Waals surface area contributed by atoms with Gasteiger partial charge in [0.2, 0.25) is 5.91 Å². The van der Waals surface area contributed by atoms with Gasteiger partial charge in [0.05, 0.1) is 22.3 Å². The summed E-state index contributed by atoms with van der Waals surface area (Å²) in [6.45, 7) is 8.89. The van der Waals surface area contributed by atoms with Crippen LogP contribution in [0.3, 0.4) is 0 Å². The number of thioether (sulfide) groups is 1. The summed E-state index contributed by atoms with van der Waals surface area (Å²) in [5, 5.41) is 6.51. The minimum Gasteiger partial charge on any atom is -0.341 e. The molecule has 1 aliphatic rings. The molecule has 9 heteroatoms. The van der Waals surface area contributed by atoms with Gasteiger partial charge in [0.15, 0.2) is 16.6 Å². The van der Waals surface area contributed by atoms with Crippen LogP contribution in [0, 0.1) is 18.8 Å². The van der Waals surface area contributed by atoms with Crippen LogP contribution in [0.25, 0.3) is 27.6 Å². The zero-order valence-electron chi connectivity index (χ0n) is 21.5. The number of nitrogens with zero attached hydrogens (tertiary/aromatic N) is 7. The van der Waals surface area contributed by atoms with E-state index in [2.05, 4.69) is 29.5 Å². The summed E-state index contributed by atoms with van der Waals surface area (Å²) >= 11 is 1.45. The van der Waals surface area contributed by atoms with E-state index in [4.69, 9.17) is 15.1 Å². The van der Waals surface area contributed by atoms with E-state index in [-0.39, 0.29) is 5.91 Å². The van der Waals surface area contributed by atoms with E-state index in [1.54, 1.807) is 0 Å². The number of aryl methyl sites for hydroxylation is 3. The van der Waals surface area contributed by atoms with Crippen molar-refractivity contribution in [3.63, 3.8) is 0 Å². The van der Waals surface area contributed by atoms with E-state index in [1.165, 1.54) is 18.2 Å². The van der Waals surface area contributed by atoms with Gasteiger partial charge >= 0.3 is 0 Å². The average molecular weight is 514 g/mol. The van der Waals surface area contributed by atoms with E-state index in [1.807, 2.05) is 58.8 Å². The fourth-order valence-electron chi connectivity index (χ4n) is 5.55. The molecule has 190 valence electrons. The summed E-state index contributed by atoms with van der Waals surface area (Å²) in [7, 11) is 0. The molecule has 0 radical (unpaired) electrons. The molecule has 0 aliphatic carbocycles. The number of benzene rings is 2.